The van der Waals surface area contributed by atoms with Crippen LogP contribution in [0.2, 0.25) is 5.02 Å². The van der Waals surface area contributed by atoms with Crippen molar-refractivity contribution in [2.45, 2.75) is 39.0 Å². The van der Waals surface area contributed by atoms with Crippen LogP contribution in [0.5, 0.6) is 0 Å². The highest BCUT2D eigenvalue weighted by Gasteiger charge is 2.17. The van der Waals surface area contributed by atoms with Crippen molar-refractivity contribution in [3.63, 3.8) is 0 Å². The first-order chi connectivity index (χ1) is 12.7. The molecule has 2 nitrogen and oxygen atoms in total. The lowest BCUT2D eigenvalue weighted by Crippen LogP contribution is -2.11. The van der Waals surface area contributed by atoms with E-state index in [2.05, 4.69) is 40.9 Å². The van der Waals surface area contributed by atoms with E-state index >= 15 is 0 Å². The molecule has 134 valence electrons. The van der Waals surface area contributed by atoms with E-state index in [1.807, 2.05) is 0 Å². The van der Waals surface area contributed by atoms with Crippen LogP contribution >= 0.6 is 11.6 Å². The molecule has 0 saturated heterocycles. The predicted octanol–water partition coefficient (Wildman–Crippen LogP) is 6.06. The van der Waals surface area contributed by atoms with Crippen LogP contribution in [0, 0.1) is 29.5 Å². The van der Waals surface area contributed by atoms with E-state index in [4.69, 9.17) is 11.6 Å². The maximum atomic E-state index is 13.6. The summed E-state index contributed by atoms with van der Waals surface area (Å²) >= 11 is 5.70. The number of halogens is 2. The Kier molecular flexibility index (Phi) is 6.41. The van der Waals surface area contributed by atoms with E-state index in [0.717, 1.165) is 30.7 Å². The molecule has 1 aliphatic rings. The van der Waals surface area contributed by atoms with E-state index in [9.17, 15) is 4.39 Å². The zero-order valence-electron chi connectivity index (χ0n) is 14.9. The Morgan fingerprint density at radius 1 is 1.19 bits per heavy atom. The smallest absolute Gasteiger partial charge is 0.159 e. The molecule has 0 aliphatic heterocycles. The van der Waals surface area contributed by atoms with E-state index in [1.165, 1.54) is 25.0 Å². The molecule has 1 aromatic heterocycles. The highest BCUT2D eigenvalue weighted by Crippen LogP contribution is 2.29. The molecule has 4 heteroatoms. The van der Waals surface area contributed by atoms with Gasteiger partial charge in [-0.25, -0.2) is 14.4 Å². The largest absolute Gasteiger partial charge is 0.235 e. The Labute approximate surface area is 159 Å². The molecule has 0 spiro atoms. The SMILES string of the molecule is CC/C=C/C1CCC(C#Cc2cnc(-c3ccc(Cl)c(F)c3)nc2)CC1. The van der Waals surface area contributed by atoms with Crippen LogP contribution in [0.4, 0.5) is 4.39 Å². The number of rotatable bonds is 3. The number of hydrogen-bond acceptors (Lipinski definition) is 2. The minimum absolute atomic E-state index is 0.0937. The van der Waals surface area contributed by atoms with Crippen LogP contribution in [0.1, 0.15) is 44.6 Å². The van der Waals surface area contributed by atoms with Gasteiger partial charge in [-0.05, 0) is 56.2 Å². The molecule has 1 aromatic carbocycles. The highest BCUT2D eigenvalue weighted by atomic mass is 35.5. The molecular formula is C22H22ClFN2. The Bertz CT molecular complexity index is 825. The van der Waals surface area contributed by atoms with E-state index in [0.29, 0.717) is 17.3 Å². The Balaban J connectivity index is 1.61. The summed E-state index contributed by atoms with van der Waals surface area (Å²) in [5.74, 6) is 7.71. The topological polar surface area (TPSA) is 25.8 Å². The number of allylic oxidation sites excluding steroid dienone is 2. The second-order valence-corrected chi connectivity index (χ2v) is 7.05. The van der Waals surface area contributed by atoms with Crippen LogP contribution in [0.15, 0.2) is 42.7 Å². The van der Waals surface area contributed by atoms with Gasteiger partial charge in [-0.1, -0.05) is 42.5 Å². The summed E-state index contributed by atoms with van der Waals surface area (Å²) in [6.07, 6.45) is 13.8. The number of benzene rings is 1. The van der Waals surface area contributed by atoms with Gasteiger partial charge in [0.15, 0.2) is 5.82 Å². The Hall–Kier alpha value is -2.18. The summed E-state index contributed by atoms with van der Waals surface area (Å²) < 4.78 is 13.6. The zero-order chi connectivity index (χ0) is 18.4. The van der Waals surface area contributed by atoms with Gasteiger partial charge in [0.2, 0.25) is 0 Å². The van der Waals surface area contributed by atoms with Crippen LogP contribution in [0.25, 0.3) is 11.4 Å². The molecule has 3 rings (SSSR count). The van der Waals surface area contributed by atoms with Gasteiger partial charge in [0.25, 0.3) is 0 Å². The normalized spacial score (nSPS) is 20.0. The minimum atomic E-state index is -0.471. The molecule has 2 aromatic rings. The summed E-state index contributed by atoms with van der Waals surface area (Å²) in [7, 11) is 0. The van der Waals surface area contributed by atoms with Crippen LogP contribution in [-0.4, -0.2) is 9.97 Å². The molecule has 1 heterocycles. The molecule has 0 N–H and O–H groups in total. The van der Waals surface area contributed by atoms with E-state index < -0.39 is 5.82 Å². The highest BCUT2D eigenvalue weighted by molar-refractivity contribution is 6.30. The fourth-order valence-electron chi connectivity index (χ4n) is 3.15. The first-order valence-electron chi connectivity index (χ1n) is 9.11. The van der Waals surface area contributed by atoms with Crippen molar-refractivity contribution in [2.24, 2.45) is 11.8 Å². The average Bonchev–Trinajstić information content (AvgIpc) is 2.68. The second kappa shape index (κ2) is 8.96. The third kappa shape index (κ3) is 4.93. The maximum Gasteiger partial charge on any atom is 0.159 e. The van der Waals surface area contributed by atoms with Gasteiger partial charge in [0.1, 0.15) is 5.82 Å². The third-order valence-electron chi connectivity index (χ3n) is 4.67. The third-order valence-corrected chi connectivity index (χ3v) is 4.97. The monoisotopic (exact) mass is 368 g/mol. The molecule has 0 bridgehead atoms. The molecule has 0 radical (unpaired) electrons. The zero-order valence-corrected chi connectivity index (χ0v) is 15.6. The van der Waals surface area contributed by atoms with Crippen LogP contribution in [0.3, 0.4) is 0 Å². The first kappa shape index (κ1) is 18.6. The Morgan fingerprint density at radius 3 is 2.58 bits per heavy atom. The Morgan fingerprint density at radius 2 is 1.92 bits per heavy atom. The van der Waals surface area contributed by atoms with Crippen LogP contribution < -0.4 is 0 Å². The van der Waals surface area contributed by atoms with Gasteiger partial charge >= 0.3 is 0 Å². The second-order valence-electron chi connectivity index (χ2n) is 6.64. The lowest BCUT2D eigenvalue weighted by molar-refractivity contribution is 0.364. The van der Waals surface area contributed by atoms with Gasteiger partial charge in [-0.2, -0.15) is 0 Å². The van der Waals surface area contributed by atoms with E-state index in [-0.39, 0.29) is 5.02 Å². The fraction of sp³-hybridized carbons (Fsp3) is 0.364. The minimum Gasteiger partial charge on any atom is -0.235 e. The summed E-state index contributed by atoms with van der Waals surface area (Å²) in [5, 5.41) is 0.0937. The predicted molar refractivity (Wildman–Crippen MR) is 104 cm³/mol. The molecule has 0 unspecified atom stereocenters. The summed E-state index contributed by atoms with van der Waals surface area (Å²) in [6, 6.07) is 4.56. The number of aromatic nitrogens is 2. The lowest BCUT2D eigenvalue weighted by atomic mass is 9.82. The number of nitrogens with zero attached hydrogens (tertiary/aromatic N) is 2. The quantitative estimate of drug-likeness (QED) is 0.486. The molecule has 1 saturated carbocycles. The lowest BCUT2D eigenvalue weighted by Gasteiger charge is -2.23. The van der Waals surface area contributed by atoms with Crippen molar-refractivity contribution in [1.29, 1.82) is 0 Å². The van der Waals surface area contributed by atoms with Crippen molar-refractivity contribution in [1.82, 2.24) is 9.97 Å². The molecule has 1 aliphatic carbocycles. The molecule has 1 fully saturated rings. The van der Waals surface area contributed by atoms with Crippen molar-refractivity contribution >= 4 is 11.6 Å². The maximum absolute atomic E-state index is 13.6. The van der Waals surface area contributed by atoms with E-state index in [1.54, 1.807) is 18.5 Å². The van der Waals surface area contributed by atoms with Crippen molar-refractivity contribution in [3.8, 4) is 23.2 Å². The summed E-state index contributed by atoms with van der Waals surface area (Å²) in [6.45, 7) is 2.17. The van der Waals surface area contributed by atoms with Gasteiger partial charge in [-0.3, -0.25) is 0 Å². The standard InChI is InChI=1S/C22H22ClFN2/c1-2-3-4-16-5-7-17(8-6-16)9-10-18-14-25-22(26-15-18)19-11-12-20(23)21(24)13-19/h3-4,11-17H,2,5-8H2,1H3/b4-3+. The summed E-state index contributed by atoms with van der Waals surface area (Å²) in [4.78, 5) is 8.59. The number of hydrogen-bond donors (Lipinski definition) is 0. The van der Waals surface area contributed by atoms with Gasteiger partial charge in [0, 0.05) is 23.9 Å². The molecule has 0 amide bonds. The van der Waals surface area contributed by atoms with Crippen molar-refractivity contribution in [2.75, 3.05) is 0 Å². The molecular weight excluding hydrogens is 347 g/mol. The van der Waals surface area contributed by atoms with Gasteiger partial charge in [0.05, 0.1) is 10.6 Å². The summed E-state index contributed by atoms with van der Waals surface area (Å²) in [5.41, 5.74) is 1.39. The van der Waals surface area contributed by atoms with Crippen molar-refractivity contribution in [3.05, 3.63) is 59.1 Å². The fourth-order valence-corrected chi connectivity index (χ4v) is 3.26. The molecule has 0 atom stereocenters. The van der Waals surface area contributed by atoms with Gasteiger partial charge < -0.3 is 0 Å². The average molecular weight is 369 g/mol. The van der Waals surface area contributed by atoms with Crippen LogP contribution in [-0.2, 0) is 0 Å². The van der Waals surface area contributed by atoms with Gasteiger partial charge in [-0.15, -0.1) is 0 Å². The first-order valence-corrected chi connectivity index (χ1v) is 9.49. The van der Waals surface area contributed by atoms with Crippen molar-refractivity contribution < 1.29 is 4.39 Å². The molecule has 26 heavy (non-hydrogen) atoms.